The topological polar surface area (TPSA) is 71.5 Å². The summed E-state index contributed by atoms with van der Waals surface area (Å²) in [5, 5.41) is 12.5. The lowest BCUT2D eigenvalue weighted by Crippen LogP contribution is -2.20. The van der Waals surface area contributed by atoms with E-state index in [1.807, 2.05) is 0 Å². The summed E-state index contributed by atoms with van der Waals surface area (Å²) >= 11 is 6.91. The summed E-state index contributed by atoms with van der Waals surface area (Å²) in [6.07, 6.45) is 1.44. The van der Waals surface area contributed by atoms with Gasteiger partial charge < -0.3 is 15.2 Å². The number of carboxylic acids is 1. The number of methoxy groups -OCH3 is 1. The van der Waals surface area contributed by atoms with E-state index in [4.69, 9.17) is 16.3 Å². The minimum absolute atomic E-state index is 0.410. The second kappa shape index (κ2) is 5.90. The number of ether oxygens (including phenoxy) is 1. The van der Waals surface area contributed by atoms with E-state index in [9.17, 15) is 9.90 Å². The van der Waals surface area contributed by atoms with Crippen LogP contribution in [-0.2, 0) is 4.79 Å². The van der Waals surface area contributed by atoms with E-state index in [0.717, 1.165) is 11.3 Å². The molecule has 0 fully saturated rings. The second-order valence-corrected chi connectivity index (χ2v) is 5.34. The summed E-state index contributed by atoms with van der Waals surface area (Å²) in [6, 6.07) is 6.05. The van der Waals surface area contributed by atoms with Crippen LogP contribution in [-0.4, -0.2) is 23.2 Å². The lowest BCUT2D eigenvalue weighted by molar-refractivity contribution is -0.138. The molecule has 100 valence electrons. The van der Waals surface area contributed by atoms with Crippen LogP contribution in [0.1, 0.15) is 11.0 Å². The van der Waals surface area contributed by atoms with Crippen molar-refractivity contribution in [1.29, 1.82) is 0 Å². The Bertz CT molecular complexity index is 571. The molecule has 0 aliphatic rings. The molecule has 1 heterocycles. The zero-order valence-electron chi connectivity index (χ0n) is 9.96. The Kier molecular flexibility index (Phi) is 4.24. The van der Waals surface area contributed by atoms with Crippen LogP contribution in [0, 0.1) is 0 Å². The number of nitrogens with one attached hydrogen (secondary N) is 1. The molecule has 0 amide bonds. The standard InChI is InChI=1S/C12H11ClN2O3S/c1-18-8-4-2-7(3-5-8)15-10(12(16)17)11-14-6-9(13)19-11/h2-6,10,15H,1H3,(H,16,17). The third-order valence-corrected chi connectivity index (χ3v) is 3.57. The summed E-state index contributed by atoms with van der Waals surface area (Å²) in [6.45, 7) is 0. The molecule has 0 aliphatic heterocycles. The number of carbonyl (C=O) groups is 1. The fourth-order valence-corrected chi connectivity index (χ4v) is 2.46. The highest BCUT2D eigenvalue weighted by molar-refractivity contribution is 7.16. The van der Waals surface area contributed by atoms with Gasteiger partial charge in [0.05, 0.1) is 13.3 Å². The van der Waals surface area contributed by atoms with E-state index in [2.05, 4.69) is 10.3 Å². The Labute approximate surface area is 118 Å². The van der Waals surface area contributed by atoms with Crippen molar-refractivity contribution < 1.29 is 14.6 Å². The normalized spacial score (nSPS) is 11.9. The summed E-state index contributed by atoms with van der Waals surface area (Å²) in [7, 11) is 1.57. The van der Waals surface area contributed by atoms with Gasteiger partial charge in [0.1, 0.15) is 15.1 Å². The highest BCUT2D eigenvalue weighted by Crippen LogP contribution is 2.27. The van der Waals surface area contributed by atoms with Crippen LogP contribution in [0.5, 0.6) is 5.75 Å². The number of nitrogens with zero attached hydrogens (tertiary/aromatic N) is 1. The monoisotopic (exact) mass is 298 g/mol. The zero-order chi connectivity index (χ0) is 13.8. The number of aromatic nitrogens is 1. The Morgan fingerprint density at radius 2 is 2.16 bits per heavy atom. The van der Waals surface area contributed by atoms with Crippen molar-refractivity contribution in [3.8, 4) is 5.75 Å². The fourth-order valence-electron chi connectivity index (χ4n) is 1.48. The van der Waals surface area contributed by atoms with Gasteiger partial charge in [-0.3, -0.25) is 0 Å². The van der Waals surface area contributed by atoms with Gasteiger partial charge in [0, 0.05) is 5.69 Å². The lowest BCUT2D eigenvalue weighted by Gasteiger charge is -2.13. The quantitative estimate of drug-likeness (QED) is 0.888. The van der Waals surface area contributed by atoms with Crippen molar-refractivity contribution in [1.82, 2.24) is 4.98 Å². The first-order valence-corrected chi connectivity index (χ1v) is 6.54. The van der Waals surface area contributed by atoms with Gasteiger partial charge in [-0.2, -0.15) is 0 Å². The van der Waals surface area contributed by atoms with E-state index in [1.54, 1.807) is 31.4 Å². The van der Waals surface area contributed by atoms with Gasteiger partial charge in [0.15, 0.2) is 6.04 Å². The highest BCUT2D eigenvalue weighted by atomic mass is 35.5. The van der Waals surface area contributed by atoms with E-state index in [0.29, 0.717) is 20.8 Å². The van der Waals surface area contributed by atoms with Crippen LogP contribution >= 0.6 is 22.9 Å². The van der Waals surface area contributed by atoms with Gasteiger partial charge in [-0.25, -0.2) is 9.78 Å². The Morgan fingerprint density at radius 3 is 2.63 bits per heavy atom. The van der Waals surface area contributed by atoms with Gasteiger partial charge in [-0.05, 0) is 24.3 Å². The molecule has 0 saturated heterocycles. The first-order chi connectivity index (χ1) is 9.10. The van der Waals surface area contributed by atoms with E-state index < -0.39 is 12.0 Å². The number of anilines is 1. The molecular weight excluding hydrogens is 288 g/mol. The van der Waals surface area contributed by atoms with Crippen LogP contribution in [0.15, 0.2) is 30.5 Å². The van der Waals surface area contributed by atoms with E-state index in [-0.39, 0.29) is 0 Å². The molecule has 2 aromatic rings. The zero-order valence-corrected chi connectivity index (χ0v) is 11.5. The van der Waals surface area contributed by atoms with Crippen molar-refractivity contribution >= 4 is 34.6 Å². The number of benzene rings is 1. The molecule has 0 spiro atoms. The van der Waals surface area contributed by atoms with Crippen molar-refractivity contribution in [2.75, 3.05) is 12.4 Å². The van der Waals surface area contributed by atoms with Gasteiger partial charge in [-0.1, -0.05) is 11.6 Å². The van der Waals surface area contributed by atoms with Gasteiger partial charge in [0.2, 0.25) is 0 Å². The van der Waals surface area contributed by atoms with Gasteiger partial charge in [-0.15, -0.1) is 11.3 Å². The van der Waals surface area contributed by atoms with Gasteiger partial charge >= 0.3 is 5.97 Å². The molecule has 0 radical (unpaired) electrons. The predicted molar refractivity (Wildman–Crippen MR) is 74.1 cm³/mol. The number of carboxylic acid groups (broad SMARTS) is 1. The molecule has 1 unspecified atom stereocenters. The summed E-state index contributed by atoms with van der Waals surface area (Å²) in [4.78, 5) is 15.3. The van der Waals surface area contributed by atoms with Crippen LogP contribution in [0.2, 0.25) is 4.34 Å². The molecule has 5 nitrogen and oxygen atoms in total. The van der Waals surface area contributed by atoms with Crippen LogP contribution < -0.4 is 10.1 Å². The maximum Gasteiger partial charge on any atom is 0.333 e. The maximum absolute atomic E-state index is 11.3. The molecule has 1 atom stereocenters. The van der Waals surface area contributed by atoms with Crippen LogP contribution in [0.3, 0.4) is 0 Å². The largest absolute Gasteiger partial charge is 0.497 e. The fraction of sp³-hybridized carbons (Fsp3) is 0.167. The first kappa shape index (κ1) is 13.6. The Morgan fingerprint density at radius 1 is 1.47 bits per heavy atom. The van der Waals surface area contributed by atoms with Crippen molar-refractivity contribution in [3.63, 3.8) is 0 Å². The molecule has 19 heavy (non-hydrogen) atoms. The smallest absolute Gasteiger partial charge is 0.333 e. The summed E-state index contributed by atoms with van der Waals surface area (Å²) in [5.74, 6) is -0.309. The molecular formula is C12H11ClN2O3S. The molecule has 7 heteroatoms. The van der Waals surface area contributed by atoms with Crippen LogP contribution in [0.25, 0.3) is 0 Å². The van der Waals surface area contributed by atoms with Crippen molar-refractivity contribution in [2.45, 2.75) is 6.04 Å². The Hall–Kier alpha value is -1.79. The summed E-state index contributed by atoms with van der Waals surface area (Å²) in [5.41, 5.74) is 0.666. The Balaban J connectivity index is 2.18. The molecule has 0 saturated carbocycles. The van der Waals surface area contributed by atoms with E-state index >= 15 is 0 Å². The number of halogens is 1. The molecule has 0 aliphatic carbocycles. The van der Waals surface area contributed by atoms with Crippen LogP contribution in [0.4, 0.5) is 5.69 Å². The predicted octanol–water partition coefficient (Wildman–Crippen LogP) is 3.04. The average Bonchev–Trinajstić information content (AvgIpc) is 2.82. The van der Waals surface area contributed by atoms with Crippen molar-refractivity contribution in [3.05, 3.63) is 39.8 Å². The average molecular weight is 299 g/mol. The third kappa shape index (κ3) is 3.36. The molecule has 0 bridgehead atoms. The summed E-state index contributed by atoms with van der Waals surface area (Å²) < 4.78 is 5.49. The minimum Gasteiger partial charge on any atom is -0.497 e. The SMILES string of the molecule is COc1ccc(NC(C(=O)O)c2ncc(Cl)s2)cc1. The molecule has 2 N–H and O–H groups in total. The van der Waals surface area contributed by atoms with Crippen molar-refractivity contribution in [2.24, 2.45) is 0 Å². The van der Waals surface area contributed by atoms with Gasteiger partial charge in [0.25, 0.3) is 0 Å². The minimum atomic E-state index is -1.01. The third-order valence-electron chi connectivity index (χ3n) is 2.39. The number of rotatable bonds is 5. The number of thiazole rings is 1. The van der Waals surface area contributed by atoms with E-state index in [1.165, 1.54) is 6.20 Å². The number of hydrogen-bond donors (Lipinski definition) is 2. The number of hydrogen-bond acceptors (Lipinski definition) is 5. The maximum atomic E-state index is 11.3. The first-order valence-electron chi connectivity index (χ1n) is 5.35. The highest BCUT2D eigenvalue weighted by Gasteiger charge is 2.23. The lowest BCUT2D eigenvalue weighted by atomic mass is 10.2. The molecule has 1 aromatic heterocycles. The molecule has 1 aromatic carbocycles. The number of aliphatic carboxylic acids is 1. The second-order valence-electron chi connectivity index (χ2n) is 3.65. The molecule has 2 rings (SSSR count).